The van der Waals surface area contributed by atoms with Crippen molar-refractivity contribution < 1.29 is 4.79 Å². The van der Waals surface area contributed by atoms with Crippen molar-refractivity contribution in [1.82, 2.24) is 5.32 Å². The summed E-state index contributed by atoms with van der Waals surface area (Å²) in [6, 6.07) is 0.221. The molecule has 1 unspecified atom stereocenters. The van der Waals surface area contributed by atoms with Gasteiger partial charge in [-0.3, -0.25) is 4.79 Å². The number of hydrogen-bond acceptors (Lipinski definition) is 1. The van der Waals surface area contributed by atoms with Crippen LogP contribution in [0.1, 0.15) is 59.3 Å². The van der Waals surface area contributed by atoms with Gasteiger partial charge in [-0.1, -0.05) is 40.0 Å². The summed E-state index contributed by atoms with van der Waals surface area (Å²) in [6.45, 7) is 6.39. The summed E-state index contributed by atoms with van der Waals surface area (Å²) in [5.74, 6) is 1.30. The molecule has 1 N–H and O–H groups in total. The highest BCUT2D eigenvalue weighted by atomic mass is 35.5. The van der Waals surface area contributed by atoms with Crippen molar-refractivity contribution in [2.45, 2.75) is 65.3 Å². The van der Waals surface area contributed by atoms with Crippen molar-refractivity contribution in [2.24, 2.45) is 11.3 Å². The lowest BCUT2D eigenvalue weighted by atomic mass is 9.75. The van der Waals surface area contributed by atoms with Crippen LogP contribution in [0.25, 0.3) is 0 Å². The van der Waals surface area contributed by atoms with Gasteiger partial charge in [-0.05, 0) is 25.2 Å². The van der Waals surface area contributed by atoms with Crippen molar-refractivity contribution in [1.29, 1.82) is 0 Å². The molecule has 100 valence electrons. The number of amides is 1. The molecule has 1 atom stereocenters. The molecule has 1 fully saturated rings. The monoisotopic (exact) mass is 259 g/mol. The molecule has 3 heteroatoms. The largest absolute Gasteiger partial charge is 0.353 e. The van der Waals surface area contributed by atoms with E-state index in [1.807, 2.05) is 0 Å². The number of hydrogen-bond donors (Lipinski definition) is 1. The molecular formula is C14H26ClNO. The molecule has 1 aliphatic rings. The van der Waals surface area contributed by atoms with Crippen LogP contribution in [0.15, 0.2) is 0 Å². The molecule has 0 aromatic heterocycles. The van der Waals surface area contributed by atoms with Crippen LogP contribution >= 0.6 is 11.6 Å². The maximum atomic E-state index is 12.4. The molecule has 1 rings (SSSR count). The lowest BCUT2D eigenvalue weighted by Crippen LogP contribution is -2.47. The van der Waals surface area contributed by atoms with Gasteiger partial charge in [0.2, 0.25) is 5.91 Å². The Labute approximate surface area is 110 Å². The van der Waals surface area contributed by atoms with Gasteiger partial charge in [-0.25, -0.2) is 0 Å². The van der Waals surface area contributed by atoms with Crippen molar-refractivity contribution in [3.63, 3.8) is 0 Å². The summed E-state index contributed by atoms with van der Waals surface area (Å²) in [7, 11) is 0. The second-order valence-corrected chi connectivity index (χ2v) is 6.30. The van der Waals surface area contributed by atoms with Crippen LogP contribution in [0.4, 0.5) is 0 Å². The summed E-state index contributed by atoms with van der Waals surface area (Å²) in [5, 5.41) is 3.20. The van der Waals surface area contributed by atoms with Crippen LogP contribution in [0, 0.1) is 11.3 Å². The van der Waals surface area contributed by atoms with E-state index in [0.717, 1.165) is 19.3 Å². The third-order valence-corrected chi connectivity index (χ3v) is 4.26. The maximum absolute atomic E-state index is 12.4. The number of nitrogens with one attached hydrogen (secondary N) is 1. The fourth-order valence-corrected chi connectivity index (χ4v) is 2.83. The van der Waals surface area contributed by atoms with Crippen LogP contribution in [0.3, 0.4) is 0 Å². The molecule has 1 amide bonds. The van der Waals surface area contributed by atoms with E-state index >= 15 is 0 Å². The van der Waals surface area contributed by atoms with E-state index in [1.54, 1.807) is 0 Å². The molecule has 0 bridgehead atoms. The first-order valence-electron chi connectivity index (χ1n) is 6.86. The van der Waals surface area contributed by atoms with Crippen molar-refractivity contribution >= 4 is 17.5 Å². The van der Waals surface area contributed by atoms with Crippen molar-refractivity contribution in [3.05, 3.63) is 0 Å². The molecule has 1 aliphatic carbocycles. The number of carbonyl (C=O) groups excluding carboxylic acids is 1. The molecule has 0 saturated heterocycles. The second-order valence-electron chi connectivity index (χ2n) is 5.92. The predicted molar refractivity (Wildman–Crippen MR) is 73.3 cm³/mol. The molecule has 1 saturated carbocycles. The van der Waals surface area contributed by atoms with E-state index in [1.165, 1.54) is 19.3 Å². The van der Waals surface area contributed by atoms with Crippen LogP contribution in [-0.2, 0) is 4.79 Å². The number of rotatable bonds is 5. The molecule has 0 aliphatic heterocycles. The minimum absolute atomic E-state index is 0.141. The lowest BCUT2D eigenvalue weighted by Gasteiger charge is -2.34. The van der Waals surface area contributed by atoms with Crippen LogP contribution in [0.2, 0.25) is 0 Å². The van der Waals surface area contributed by atoms with Gasteiger partial charge >= 0.3 is 0 Å². The van der Waals surface area contributed by atoms with Gasteiger partial charge in [0.05, 0.1) is 0 Å². The zero-order valence-electron chi connectivity index (χ0n) is 11.4. The lowest BCUT2D eigenvalue weighted by molar-refractivity contribution is -0.133. The maximum Gasteiger partial charge on any atom is 0.226 e. The molecule has 0 spiro atoms. The third-order valence-electron chi connectivity index (χ3n) is 4.05. The van der Waals surface area contributed by atoms with Crippen LogP contribution < -0.4 is 5.32 Å². The summed E-state index contributed by atoms with van der Waals surface area (Å²) >= 11 is 5.79. The van der Waals surface area contributed by atoms with Crippen molar-refractivity contribution in [3.8, 4) is 0 Å². The van der Waals surface area contributed by atoms with Gasteiger partial charge in [-0.15, -0.1) is 11.6 Å². The van der Waals surface area contributed by atoms with E-state index in [9.17, 15) is 4.79 Å². The first kappa shape index (κ1) is 14.8. The minimum atomic E-state index is -0.141. The number of carbonyl (C=O) groups is 1. The average Bonchev–Trinajstić information content (AvgIpc) is 2.29. The fourth-order valence-electron chi connectivity index (χ4n) is 2.59. The second kappa shape index (κ2) is 6.63. The Kier molecular flexibility index (Phi) is 5.78. The highest BCUT2D eigenvalue weighted by Crippen LogP contribution is 2.36. The van der Waals surface area contributed by atoms with Crippen molar-refractivity contribution in [2.75, 3.05) is 5.88 Å². The average molecular weight is 260 g/mol. The van der Waals surface area contributed by atoms with Gasteiger partial charge in [0.1, 0.15) is 0 Å². The first-order chi connectivity index (χ1) is 7.99. The Balaban J connectivity index is 2.56. The first-order valence-corrected chi connectivity index (χ1v) is 7.40. The van der Waals surface area contributed by atoms with Gasteiger partial charge in [0.25, 0.3) is 0 Å². The highest BCUT2D eigenvalue weighted by Gasteiger charge is 2.35. The Hall–Kier alpha value is -0.240. The van der Waals surface area contributed by atoms with Gasteiger partial charge < -0.3 is 5.32 Å². The zero-order valence-corrected chi connectivity index (χ0v) is 12.1. The third kappa shape index (κ3) is 4.17. The minimum Gasteiger partial charge on any atom is -0.353 e. The predicted octanol–water partition coefficient (Wildman–Crippen LogP) is 3.73. The van der Waals surface area contributed by atoms with E-state index in [2.05, 4.69) is 26.1 Å². The Morgan fingerprint density at radius 3 is 2.35 bits per heavy atom. The Morgan fingerprint density at radius 2 is 1.88 bits per heavy atom. The molecule has 2 nitrogen and oxygen atoms in total. The standard InChI is InChI=1S/C14H26ClNO/c1-11(2)12(7-10-15)16-13(17)14(3)8-5-4-6-9-14/h11-12H,4-10H2,1-3H3,(H,16,17). The van der Waals surface area contributed by atoms with Crippen LogP contribution in [-0.4, -0.2) is 17.8 Å². The zero-order chi connectivity index (χ0) is 12.9. The molecule has 0 heterocycles. The smallest absolute Gasteiger partial charge is 0.226 e. The highest BCUT2D eigenvalue weighted by molar-refractivity contribution is 6.17. The molecule has 0 radical (unpaired) electrons. The Morgan fingerprint density at radius 1 is 1.29 bits per heavy atom. The number of halogens is 1. The fraction of sp³-hybridized carbons (Fsp3) is 0.929. The number of alkyl halides is 1. The quantitative estimate of drug-likeness (QED) is 0.749. The summed E-state index contributed by atoms with van der Waals surface area (Å²) in [4.78, 5) is 12.4. The topological polar surface area (TPSA) is 29.1 Å². The van der Waals surface area contributed by atoms with Crippen LogP contribution in [0.5, 0.6) is 0 Å². The van der Waals surface area contributed by atoms with Gasteiger partial charge in [-0.2, -0.15) is 0 Å². The summed E-state index contributed by atoms with van der Waals surface area (Å²) in [6.07, 6.45) is 6.58. The molecule has 0 aromatic rings. The SMILES string of the molecule is CC(C)C(CCCl)NC(=O)C1(C)CCCCC1. The van der Waals surface area contributed by atoms with E-state index in [4.69, 9.17) is 11.6 Å². The van der Waals surface area contributed by atoms with Gasteiger partial charge in [0, 0.05) is 17.3 Å². The normalized spacial score (nSPS) is 21.2. The summed E-state index contributed by atoms with van der Waals surface area (Å²) in [5.41, 5.74) is -0.141. The Bertz CT molecular complexity index is 247. The van der Waals surface area contributed by atoms with E-state index in [-0.39, 0.29) is 17.4 Å². The summed E-state index contributed by atoms with van der Waals surface area (Å²) < 4.78 is 0. The van der Waals surface area contributed by atoms with E-state index < -0.39 is 0 Å². The molecule has 17 heavy (non-hydrogen) atoms. The molecule has 0 aromatic carbocycles. The van der Waals surface area contributed by atoms with Gasteiger partial charge in [0.15, 0.2) is 0 Å². The van der Waals surface area contributed by atoms with E-state index in [0.29, 0.717) is 11.8 Å². The molecular weight excluding hydrogens is 234 g/mol.